The molecule has 2 aromatic carbocycles. The zero-order valence-corrected chi connectivity index (χ0v) is 12.3. The Morgan fingerprint density at radius 1 is 0.913 bits per heavy atom. The summed E-state index contributed by atoms with van der Waals surface area (Å²) in [5.74, 6) is -4.17. The van der Waals surface area contributed by atoms with Crippen LogP contribution in [-0.2, 0) is 14.8 Å². The highest BCUT2D eigenvalue weighted by Crippen LogP contribution is 2.18. The fraction of sp³-hybridized carbons (Fsp3) is 0.0714. The molecule has 0 aliphatic carbocycles. The van der Waals surface area contributed by atoms with Crippen molar-refractivity contribution in [1.82, 2.24) is 4.72 Å². The molecule has 0 saturated carbocycles. The van der Waals surface area contributed by atoms with E-state index in [2.05, 4.69) is 5.32 Å². The molecule has 0 spiro atoms. The third-order valence-corrected chi connectivity index (χ3v) is 4.21. The second kappa shape index (κ2) is 6.80. The quantitative estimate of drug-likeness (QED) is 0.871. The predicted octanol–water partition coefficient (Wildman–Crippen LogP) is 2.02. The molecule has 0 bridgehead atoms. The third-order valence-electron chi connectivity index (χ3n) is 2.76. The summed E-state index contributed by atoms with van der Waals surface area (Å²) in [5, 5.41) is 2.14. The van der Waals surface area contributed by atoms with Gasteiger partial charge in [-0.25, -0.2) is 26.3 Å². The molecule has 5 nitrogen and oxygen atoms in total. The number of carbonyl (C=O) groups excluding carboxylic acids is 1. The highest BCUT2D eigenvalue weighted by atomic mass is 32.2. The number of benzene rings is 2. The number of para-hydroxylation sites is 1. The minimum absolute atomic E-state index is 0.145. The Balaban J connectivity index is 2.08. The number of sulfonamides is 1. The van der Waals surface area contributed by atoms with Crippen LogP contribution in [0.2, 0.25) is 0 Å². The number of rotatable bonds is 5. The van der Waals surface area contributed by atoms with Gasteiger partial charge in [0.2, 0.25) is 15.9 Å². The lowest BCUT2D eigenvalue weighted by Crippen LogP contribution is -2.34. The number of amides is 1. The smallest absolute Gasteiger partial charge is 0.246 e. The van der Waals surface area contributed by atoms with Crippen molar-refractivity contribution in [2.75, 3.05) is 11.9 Å². The van der Waals surface area contributed by atoms with E-state index in [9.17, 15) is 26.4 Å². The second-order valence-electron chi connectivity index (χ2n) is 4.40. The van der Waals surface area contributed by atoms with Gasteiger partial charge in [0.05, 0.1) is 12.2 Å². The van der Waals surface area contributed by atoms with Gasteiger partial charge in [0.25, 0.3) is 0 Å². The Labute approximate surface area is 130 Å². The molecule has 23 heavy (non-hydrogen) atoms. The van der Waals surface area contributed by atoms with E-state index in [-0.39, 0.29) is 5.69 Å². The van der Waals surface area contributed by atoms with Gasteiger partial charge in [0.15, 0.2) is 4.90 Å². The van der Waals surface area contributed by atoms with Crippen LogP contribution in [0.25, 0.3) is 0 Å². The van der Waals surface area contributed by atoms with Crippen LogP contribution >= 0.6 is 0 Å². The summed E-state index contributed by atoms with van der Waals surface area (Å²) in [6.07, 6.45) is 0. The first kappa shape index (κ1) is 17.0. The largest absolute Gasteiger partial charge is 0.322 e. The first-order valence-electron chi connectivity index (χ1n) is 6.29. The molecule has 0 aliphatic rings. The number of hydrogen-bond donors (Lipinski definition) is 2. The van der Waals surface area contributed by atoms with Gasteiger partial charge >= 0.3 is 0 Å². The van der Waals surface area contributed by atoms with Gasteiger partial charge in [0.1, 0.15) is 17.5 Å². The van der Waals surface area contributed by atoms with Crippen molar-refractivity contribution < 1.29 is 26.4 Å². The fourth-order valence-corrected chi connectivity index (χ4v) is 2.84. The lowest BCUT2D eigenvalue weighted by atomic mass is 10.3. The van der Waals surface area contributed by atoms with Crippen LogP contribution in [0.1, 0.15) is 0 Å². The number of hydrogen-bond acceptors (Lipinski definition) is 3. The van der Waals surface area contributed by atoms with Crippen molar-refractivity contribution in [3.05, 3.63) is 59.9 Å². The van der Waals surface area contributed by atoms with E-state index in [1.165, 1.54) is 18.2 Å². The fourth-order valence-electron chi connectivity index (χ4n) is 1.73. The van der Waals surface area contributed by atoms with E-state index in [4.69, 9.17) is 0 Å². The maximum absolute atomic E-state index is 13.5. The first-order valence-corrected chi connectivity index (χ1v) is 7.77. The summed E-state index contributed by atoms with van der Waals surface area (Å²) < 4.78 is 65.7. The SMILES string of the molecule is O=C(CNS(=O)(=O)c1c(F)cccc1F)Nc1ccccc1F. The summed E-state index contributed by atoms with van der Waals surface area (Å²) in [6.45, 7) is -0.815. The molecular weight excluding hydrogens is 333 g/mol. The predicted molar refractivity (Wildman–Crippen MR) is 76.6 cm³/mol. The van der Waals surface area contributed by atoms with Crippen molar-refractivity contribution in [2.24, 2.45) is 0 Å². The highest BCUT2D eigenvalue weighted by Gasteiger charge is 2.24. The van der Waals surface area contributed by atoms with Crippen LogP contribution in [0.15, 0.2) is 47.4 Å². The zero-order valence-electron chi connectivity index (χ0n) is 11.5. The van der Waals surface area contributed by atoms with E-state index in [1.807, 2.05) is 0 Å². The number of nitrogens with one attached hydrogen (secondary N) is 2. The normalized spacial score (nSPS) is 11.3. The van der Waals surface area contributed by atoms with Gasteiger partial charge in [0, 0.05) is 0 Å². The molecule has 0 saturated heterocycles. The number of anilines is 1. The van der Waals surface area contributed by atoms with Crippen LogP contribution in [0.5, 0.6) is 0 Å². The highest BCUT2D eigenvalue weighted by molar-refractivity contribution is 7.89. The Morgan fingerprint density at radius 3 is 2.09 bits per heavy atom. The standard InChI is InChI=1S/C14H11F3N2O3S/c15-9-4-1-2-7-12(9)19-13(20)8-18-23(21,22)14-10(16)5-3-6-11(14)17/h1-7,18H,8H2,(H,19,20). The molecule has 0 fully saturated rings. The van der Waals surface area contributed by atoms with Gasteiger partial charge < -0.3 is 5.32 Å². The minimum atomic E-state index is -4.57. The molecule has 1 amide bonds. The van der Waals surface area contributed by atoms with Crippen LogP contribution in [0, 0.1) is 17.5 Å². The molecule has 0 aliphatic heterocycles. The molecule has 0 atom stereocenters. The van der Waals surface area contributed by atoms with Gasteiger partial charge in [-0.1, -0.05) is 18.2 Å². The van der Waals surface area contributed by atoms with E-state index >= 15 is 0 Å². The van der Waals surface area contributed by atoms with Crippen molar-refractivity contribution >= 4 is 21.6 Å². The van der Waals surface area contributed by atoms with Crippen LogP contribution in [0.3, 0.4) is 0 Å². The minimum Gasteiger partial charge on any atom is -0.322 e. The molecular formula is C14H11F3N2O3S. The number of carbonyl (C=O) groups is 1. The molecule has 2 N–H and O–H groups in total. The Hall–Kier alpha value is -2.39. The third kappa shape index (κ3) is 4.08. The van der Waals surface area contributed by atoms with Crippen molar-refractivity contribution in [3.63, 3.8) is 0 Å². The molecule has 2 rings (SSSR count). The summed E-state index contributed by atoms with van der Waals surface area (Å²) in [6, 6.07) is 7.82. The van der Waals surface area contributed by atoms with Gasteiger partial charge in [-0.3, -0.25) is 4.79 Å². The average molecular weight is 344 g/mol. The van der Waals surface area contributed by atoms with E-state index < -0.39 is 44.8 Å². The number of halogens is 3. The Kier molecular flexibility index (Phi) is 5.02. The van der Waals surface area contributed by atoms with Crippen molar-refractivity contribution in [2.45, 2.75) is 4.90 Å². The topological polar surface area (TPSA) is 75.3 Å². The van der Waals surface area contributed by atoms with Crippen molar-refractivity contribution in [1.29, 1.82) is 0 Å². The molecule has 0 radical (unpaired) electrons. The van der Waals surface area contributed by atoms with Gasteiger partial charge in [-0.2, -0.15) is 0 Å². The molecule has 9 heteroatoms. The molecule has 2 aromatic rings. The van der Waals surface area contributed by atoms with Gasteiger partial charge in [-0.15, -0.1) is 0 Å². The van der Waals surface area contributed by atoms with Crippen LogP contribution < -0.4 is 10.0 Å². The first-order chi connectivity index (χ1) is 10.8. The maximum Gasteiger partial charge on any atom is 0.246 e. The second-order valence-corrected chi connectivity index (χ2v) is 6.11. The van der Waals surface area contributed by atoms with E-state index in [0.29, 0.717) is 0 Å². The summed E-state index contributed by atoms with van der Waals surface area (Å²) in [7, 11) is -4.57. The van der Waals surface area contributed by atoms with Gasteiger partial charge in [-0.05, 0) is 24.3 Å². The molecule has 0 unspecified atom stereocenters. The Morgan fingerprint density at radius 2 is 1.48 bits per heavy atom. The van der Waals surface area contributed by atoms with E-state index in [1.54, 1.807) is 4.72 Å². The lowest BCUT2D eigenvalue weighted by Gasteiger charge is -2.09. The molecule has 0 heterocycles. The summed E-state index contributed by atoms with van der Waals surface area (Å²) >= 11 is 0. The van der Waals surface area contributed by atoms with Crippen molar-refractivity contribution in [3.8, 4) is 0 Å². The molecule has 122 valence electrons. The Bertz CT molecular complexity index is 821. The van der Waals surface area contributed by atoms with Crippen LogP contribution in [0.4, 0.5) is 18.9 Å². The average Bonchev–Trinajstić information content (AvgIpc) is 2.47. The summed E-state index contributed by atoms with van der Waals surface area (Å²) in [5.41, 5.74) is -0.145. The zero-order chi connectivity index (χ0) is 17.0. The monoisotopic (exact) mass is 344 g/mol. The summed E-state index contributed by atoms with van der Waals surface area (Å²) in [4.78, 5) is 10.4. The van der Waals surface area contributed by atoms with E-state index in [0.717, 1.165) is 24.3 Å². The maximum atomic E-state index is 13.5. The lowest BCUT2D eigenvalue weighted by molar-refractivity contribution is -0.115. The van der Waals surface area contributed by atoms with Crippen LogP contribution in [-0.4, -0.2) is 20.9 Å². The molecule has 0 aromatic heterocycles.